The Morgan fingerprint density at radius 3 is 2.28 bits per heavy atom. The summed E-state index contributed by atoms with van der Waals surface area (Å²) in [4.78, 5) is 3.47. The molecule has 0 N–H and O–H groups in total. The van der Waals surface area contributed by atoms with Crippen LogP contribution in [0.25, 0.3) is 0 Å². The summed E-state index contributed by atoms with van der Waals surface area (Å²) < 4.78 is 12.4. The highest BCUT2D eigenvalue weighted by Gasteiger charge is 2.12. The SMILES string of the molecule is COCCN(CCOC)c1ccc(N=Nc2sc(C)c[n+]2C)c(C)c1. The van der Waals surface area contributed by atoms with Crippen molar-refractivity contribution in [3.05, 3.63) is 34.8 Å². The van der Waals surface area contributed by atoms with Gasteiger partial charge in [-0.25, -0.2) is 4.57 Å². The molecule has 0 saturated carbocycles. The molecule has 0 aliphatic carbocycles. The van der Waals surface area contributed by atoms with Gasteiger partial charge in [0.25, 0.3) is 0 Å². The van der Waals surface area contributed by atoms with Crippen LogP contribution in [0.3, 0.4) is 0 Å². The smallest absolute Gasteiger partial charge is 0.383 e. The van der Waals surface area contributed by atoms with Gasteiger partial charge in [-0.1, -0.05) is 0 Å². The first-order valence-corrected chi connectivity index (χ1v) is 9.08. The number of ether oxygens (including phenoxy) is 2. The second kappa shape index (κ2) is 9.60. The summed E-state index contributed by atoms with van der Waals surface area (Å²) >= 11 is 1.63. The van der Waals surface area contributed by atoms with E-state index in [0.717, 1.165) is 35.2 Å². The van der Waals surface area contributed by atoms with E-state index in [-0.39, 0.29) is 0 Å². The molecule has 1 aromatic carbocycles. The van der Waals surface area contributed by atoms with Crippen LogP contribution in [0.15, 0.2) is 34.6 Å². The van der Waals surface area contributed by atoms with Crippen molar-refractivity contribution >= 4 is 27.8 Å². The first kappa shape index (κ1) is 19.5. The van der Waals surface area contributed by atoms with Crippen molar-refractivity contribution in [2.45, 2.75) is 13.8 Å². The summed E-state index contributed by atoms with van der Waals surface area (Å²) in [5.41, 5.74) is 3.12. The lowest BCUT2D eigenvalue weighted by atomic mass is 10.1. The highest BCUT2D eigenvalue weighted by Crippen LogP contribution is 2.27. The van der Waals surface area contributed by atoms with Gasteiger partial charge in [0.1, 0.15) is 11.9 Å². The molecule has 0 atom stereocenters. The van der Waals surface area contributed by atoms with E-state index < -0.39 is 0 Å². The number of azo groups is 1. The molecule has 25 heavy (non-hydrogen) atoms. The van der Waals surface area contributed by atoms with Crippen molar-refractivity contribution in [2.24, 2.45) is 17.3 Å². The summed E-state index contributed by atoms with van der Waals surface area (Å²) in [6.45, 7) is 7.13. The maximum Gasteiger partial charge on any atom is 0.408 e. The van der Waals surface area contributed by atoms with Gasteiger partial charge in [-0.05, 0) is 54.1 Å². The van der Waals surface area contributed by atoms with Crippen molar-refractivity contribution in [3.63, 3.8) is 0 Å². The van der Waals surface area contributed by atoms with E-state index in [1.165, 1.54) is 4.88 Å². The molecule has 7 heteroatoms. The van der Waals surface area contributed by atoms with Gasteiger partial charge in [0, 0.05) is 37.9 Å². The minimum absolute atomic E-state index is 0.679. The Morgan fingerprint density at radius 2 is 1.76 bits per heavy atom. The van der Waals surface area contributed by atoms with Crippen LogP contribution in [0.1, 0.15) is 10.4 Å². The Morgan fingerprint density at radius 1 is 1.08 bits per heavy atom. The zero-order chi connectivity index (χ0) is 18.2. The monoisotopic (exact) mass is 363 g/mol. The Kier molecular flexibility index (Phi) is 7.49. The maximum absolute atomic E-state index is 5.21. The number of hydrogen-bond acceptors (Lipinski definition) is 6. The number of methoxy groups -OCH3 is 2. The molecule has 0 unspecified atom stereocenters. The molecule has 0 amide bonds. The van der Waals surface area contributed by atoms with Crippen molar-refractivity contribution in [1.82, 2.24) is 0 Å². The number of anilines is 1. The molecule has 2 aromatic rings. The number of rotatable bonds is 9. The summed E-state index contributed by atoms with van der Waals surface area (Å²) in [6.07, 6.45) is 2.05. The van der Waals surface area contributed by atoms with E-state index in [0.29, 0.717) is 13.2 Å². The van der Waals surface area contributed by atoms with E-state index >= 15 is 0 Å². The van der Waals surface area contributed by atoms with Crippen LogP contribution < -0.4 is 9.47 Å². The fourth-order valence-corrected chi connectivity index (χ4v) is 3.26. The second-order valence-electron chi connectivity index (χ2n) is 5.88. The standard InChI is InChI=1S/C18H27N4O2S/c1-14-12-16(22(8-10-23-4)9-11-24-5)6-7-17(14)19-20-18-21(3)13-15(2)25-18/h6-7,12-13H,8-11H2,1-5H3/q+1. The zero-order valence-electron chi connectivity index (χ0n) is 15.7. The van der Waals surface area contributed by atoms with Gasteiger partial charge in [-0.2, -0.15) is 0 Å². The molecule has 6 nitrogen and oxygen atoms in total. The van der Waals surface area contributed by atoms with Crippen LogP contribution >= 0.6 is 11.3 Å². The fourth-order valence-electron chi connectivity index (χ4n) is 2.48. The van der Waals surface area contributed by atoms with Crippen LogP contribution in [-0.2, 0) is 16.5 Å². The predicted octanol–water partition coefficient (Wildman–Crippen LogP) is 3.70. The minimum Gasteiger partial charge on any atom is -0.383 e. The Hall–Kier alpha value is -1.83. The van der Waals surface area contributed by atoms with E-state index in [2.05, 4.69) is 47.3 Å². The third-order valence-electron chi connectivity index (χ3n) is 3.85. The summed E-state index contributed by atoms with van der Waals surface area (Å²) in [5.74, 6) is 0. The van der Waals surface area contributed by atoms with Gasteiger partial charge in [-0.3, -0.25) is 0 Å². The third-order valence-corrected chi connectivity index (χ3v) is 4.83. The van der Waals surface area contributed by atoms with E-state index in [1.807, 2.05) is 17.7 Å². The molecule has 1 heterocycles. The minimum atomic E-state index is 0.679. The lowest BCUT2D eigenvalue weighted by Crippen LogP contribution is -2.30. The van der Waals surface area contributed by atoms with Gasteiger partial charge in [-0.15, -0.1) is 0 Å². The molecular weight excluding hydrogens is 336 g/mol. The van der Waals surface area contributed by atoms with Crippen molar-refractivity contribution in [1.29, 1.82) is 0 Å². The molecule has 0 radical (unpaired) electrons. The first-order chi connectivity index (χ1) is 12.0. The number of hydrogen-bond donors (Lipinski definition) is 0. The fraction of sp³-hybridized carbons (Fsp3) is 0.500. The molecule has 0 aliphatic heterocycles. The molecular formula is C18H27N4O2S+. The molecule has 0 saturated heterocycles. The Balaban J connectivity index is 2.16. The lowest BCUT2D eigenvalue weighted by molar-refractivity contribution is -0.654. The number of benzene rings is 1. The largest absolute Gasteiger partial charge is 0.408 e. The van der Waals surface area contributed by atoms with Crippen molar-refractivity contribution in [2.75, 3.05) is 45.4 Å². The quantitative estimate of drug-likeness (QED) is 0.504. The number of nitrogens with zero attached hydrogens (tertiary/aromatic N) is 4. The van der Waals surface area contributed by atoms with Gasteiger partial charge in [0.2, 0.25) is 0 Å². The zero-order valence-corrected chi connectivity index (χ0v) is 16.5. The van der Waals surface area contributed by atoms with Crippen molar-refractivity contribution in [3.8, 4) is 0 Å². The second-order valence-corrected chi connectivity index (χ2v) is 7.09. The van der Waals surface area contributed by atoms with E-state index in [4.69, 9.17) is 9.47 Å². The molecule has 0 fully saturated rings. The topological polar surface area (TPSA) is 50.3 Å². The van der Waals surface area contributed by atoms with Crippen molar-refractivity contribution < 1.29 is 14.0 Å². The molecule has 0 spiro atoms. The first-order valence-electron chi connectivity index (χ1n) is 8.26. The van der Waals surface area contributed by atoms with Gasteiger partial charge < -0.3 is 14.4 Å². The van der Waals surface area contributed by atoms with Gasteiger partial charge in [0.05, 0.1) is 25.4 Å². The normalized spacial score (nSPS) is 11.4. The number of thiazole rings is 1. The Labute approximate surface area is 153 Å². The van der Waals surface area contributed by atoms with Crippen LogP contribution in [0.5, 0.6) is 0 Å². The van der Waals surface area contributed by atoms with Crippen LogP contribution in [0.2, 0.25) is 0 Å². The van der Waals surface area contributed by atoms with Gasteiger partial charge in [0.15, 0.2) is 0 Å². The predicted molar refractivity (Wildman–Crippen MR) is 102 cm³/mol. The summed E-state index contributed by atoms with van der Waals surface area (Å²) in [7, 11) is 5.42. The third kappa shape index (κ3) is 5.59. The highest BCUT2D eigenvalue weighted by molar-refractivity contribution is 7.14. The summed E-state index contributed by atoms with van der Waals surface area (Å²) in [5, 5.41) is 9.70. The van der Waals surface area contributed by atoms with Crippen LogP contribution in [0.4, 0.5) is 16.5 Å². The summed E-state index contributed by atoms with van der Waals surface area (Å²) in [6, 6.07) is 6.23. The molecule has 136 valence electrons. The van der Waals surface area contributed by atoms with E-state index in [9.17, 15) is 0 Å². The lowest BCUT2D eigenvalue weighted by Gasteiger charge is -2.24. The van der Waals surface area contributed by atoms with Gasteiger partial charge >= 0.3 is 5.13 Å². The van der Waals surface area contributed by atoms with E-state index in [1.54, 1.807) is 25.6 Å². The van der Waals surface area contributed by atoms with Crippen LogP contribution in [0, 0.1) is 13.8 Å². The average Bonchev–Trinajstić information content (AvgIpc) is 2.91. The molecule has 2 rings (SSSR count). The van der Waals surface area contributed by atoms with Crippen LogP contribution in [-0.4, -0.2) is 40.5 Å². The molecule has 1 aromatic heterocycles. The number of aromatic nitrogens is 1. The maximum atomic E-state index is 5.21. The molecule has 0 bridgehead atoms. The molecule has 0 aliphatic rings. The number of aryl methyl sites for hydroxylation is 3. The average molecular weight is 364 g/mol. The highest BCUT2D eigenvalue weighted by atomic mass is 32.1. The Bertz CT molecular complexity index is 707.